The van der Waals surface area contributed by atoms with E-state index in [4.69, 9.17) is 19.3 Å². The lowest BCUT2D eigenvalue weighted by Crippen LogP contribution is -2.35. The van der Waals surface area contributed by atoms with Crippen LogP contribution in [0, 0.1) is 5.92 Å². The highest BCUT2D eigenvalue weighted by atomic mass is 16.5. The van der Waals surface area contributed by atoms with Crippen molar-refractivity contribution in [1.82, 2.24) is 4.90 Å². The van der Waals surface area contributed by atoms with Crippen LogP contribution in [0.25, 0.3) is 0 Å². The van der Waals surface area contributed by atoms with Crippen LogP contribution in [-0.4, -0.2) is 55.9 Å². The Morgan fingerprint density at radius 3 is 2.44 bits per heavy atom. The molecule has 7 heteroatoms. The van der Waals surface area contributed by atoms with Crippen molar-refractivity contribution >= 4 is 11.9 Å². The first kappa shape index (κ1) is 19.1. The van der Waals surface area contributed by atoms with E-state index in [-0.39, 0.29) is 19.0 Å². The van der Waals surface area contributed by atoms with E-state index in [1.807, 2.05) is 0 Å². The largest absolute Gasteiger partial charge is 0.497 e. The normalized spacial score (nSPS) is 16.5. The zero-order valence-corrected chi connectivity index (χ0v) is 14.7. The number of hydrogen-bond acceptors (Lipinski definition) is 5. The first-order chi connectivity index (χ1) is 12.0. The molecule has 0 radical (unpaired) electrons. The van der Waals surface area contributed by atoms with E-state index >= 15 is 0 Å². The van der Waals surface area contributed by atoms with E-state index < -0.39 is 5.97 Å². The van der Waals surface area contributed by atoms with Gasteiger partial charge in [0.15, 0.2) is 0 Å². The predicted octanol–water partition coefficient (Wildman–Crippen LogP) is 1.93. The van der Waals surface area contributed by atoms with Crippen LogP contribution in [0.1, 0.15) is 24.8 Å². The van der Waals surface area contributed by atoms with Crippen LogP contribution in [0.3, 0.4) is 0 Å². The quantitative estimate of drug-likeness (QED) is 0.732. The van der Waals surface area contributed by atoms with Crippen LogP contribution in [0.5, 0.6) is 11.5 Å². The Bertz CT molecular complexity index is 575. The van der Waals surface area contributed by atoms with E-state index in [1.165, 1.54) is 4.90 Å². The van der Waals surface area contributed by atoms with Crippen LogP contribution in [-0.2, 0) is 20.9 Å². The van der Waals surface area contributed by atoms with Gasteiger partial charge in [0.25, 0.3) is 0 Å². The summed E-state index contributed by atoms with van der Waals surface area (Å²) < 4.78 is 15.8. The molecule has 7 nitrogen and oxygen atoms in total. The summed E-state index contributed by atoms with van der Waals surface area (Å²) in [4.78, 5) is 25.0. The third kappa shape index (κ3) is 5.94. The van der Waals surface area contributed by atoms with Crippen LogP contribution >= 0.6 is 0 Å². The molecular weight excluding hydrogens is 326 g/mol. The number of carbonyl (C=O) groups excluding carboxylic acids is 1. The molecule has 0 aliphatic carbocycles. The number of carbonyl (C=O) groups is 2. The van der Waals surface area contributed by atoms with Crippen molar-refractivity contribution in [2.24, 2.45) is 5.92 Å². The van der Waals surface area contributed by atoms with Gasteiger partial charge in [0.05, 0.1) is 14.2 Å². The van der Waals surface area contributed by atoms with Crippen molar-refractivity contribution in [2.75, 3.05) is 34.0 Å². The Morgan fingerprint density at radius 1 is 1.24 bits per heavy atom. The monoisotopic (exact) mass is 351 g/mol. The zero-order valence-electron chi connectivity index (χ0n) is 14.7. The molecule has 1 heterocycles. The number of nitrogens with zero attached hydrogens (tertiary/aromatic N) is 1. The van der Waals surface area contributed by atoms with Crippen LogP contribution in [0.2, 0.25) is 0 Å². The summed E-state index contributed by atoms with van der Waals surface area (Å²) in [5, 5.41) is 9.13. The molecule has 1 N–H and O–H groups in total. The summed E-state index contributed by atoms with van der Waals surface area (Å²) in [6.07, 6.45) is 2.00. The number of carboxylic acids is 1. The van der Waals surface area contributed by atoms with E-state index in [9.17, 15) is 9.59 Å². The number of methoxy groups -OCH3 is 2. The van der Waals surface area contributed by atoms with Crippen molar-refractivity contribution < 1.29 is 28.9 Å². The van der Waals surface area contributed by atoms with Gasteiger partial charge >= 0.3 is 5.97 Å². The molecule has 1 aliphatic rings. The fourth-order valence-corrected chi connectivity index (χ4v) is 2.87. The average molecular weight is 351 g/mol. The number of ether oxygens (including phenoxy) is 3. The minimum absolute atomic E-state index is 0.170. The lowest BCUT2D eigenvalue weighted by molar-refractivity contribution is -0.145. The molecule has 0 saturated carbocycles. The molecule has 1 aromatic rings. The average Bonchev–Trinajstić information content (AvgIpc) is 3.11. The van der Waals surface area contributed by atoms with Crippen LogP contribution < -0.4 is 9.47 Å². The van der Waals surface area contributed by atoms with Gasteiger partial charge in [-0.25, -0.2) is 0 Å². The van der Waals surface area contributed by atoms with Crippen molar-refractivity contribution in [3.8, 4) is 11.5 Å². The summed E-state index contributed by atoms with van der Waals surface area (Å²) in [5.41, 5.74) is 0.759. The van der Waals surface area contributed by atoms with E-state index in [0.29, 0.717) is 30.4 Å². The van der Waals surface area contributed by atoms with Gasteiger partial charge in [0.2, 0.25) is 5.91 Å². The summed E-state index contributed by atoms with van der Waals surface area (Å²) in [7, 11) is 3.09. The molecule has 1 atom stereocenters. The second-order valence-corrected chi connectivity index (χ2v) is 6.13. The molecule has 0 spiro atoms. The number of benzene rings is 1. The number of aliphatic carboxylic acids is 1. The highest BCUT2D eigenvalue weighted by Crippen LogP contribution is 2.24. The number of hydrogen-bond donors (Lipinski definition) is 1. The van der Waals surface area contributed by atoms with Gasteiger partial charge in [-0.05, 0) is 36.5 Å². The summed E-state index contributed by atoms with van der Waals surface area (Å²) in [6.45, 7) is 1.28. The van der Waals surface area contributed by atoms with Gasteiger partial charge in [-0.15, -0.1) is 0 Å². The van der Waals surface area contributed by atoms with Crippen molar-refractivity contribution in [3.05, 3.63) is 23.8 Å². The lowest BCUT2D eigenvalue weighted by atomic mass is 10.0. The highest BCUT2D eigenvalue weighted by Gasteiger charge is 2.21. The minimum Gasteiger partial charge on any atom is -0.497 e. The van der Waals surface area contributed by atoms with E-state index in [1.54, 1.807) is 32.4 Å². The number of rotatable bonds is 9. The van der Waals surface area contributed by atoms with E-state index in [2.05, 4.69) is 0 Å². The SMILES string of the molecule is COc1cc(CN(CC(=O)O)C(=O)CCC2CCOC2)cc(OC)c1. The number of amides is 1. The second kappa shape index (κ2) is 9.27. The Kier molecular flexibility index (Phi) is 7.06. The van der Waals surface area contributed by atoms with Gasteiger partial charge in [0, 0.05) is 32.2 Å². The summed E-state index contributed by atoms with van der Waals surface area (Å²) in [5.74, 6) is 0.372. The highest BCUT2D eigenvalue weighted by molar-refractivity contribution is 5.81. The molecule has 2 rings (SSSR count). The molecule has 0 aromatic heterocycles. The molecule has 1 unspecified atom stereocenters. The maximum atomic E-state index is 12.5. The van der Waals surface area contributed by atoms with Crippen LogP contribution in [0.15, 0.2) is 18.2 Å². The number of carboxylic acid groups (broad SMARTS) is 1. The van der Waals surface area contributed by atoms with Gasteiger partial charge in [-0.3, -0.25) is 9.59 Å². The Labute approximate surface area is 147 Å². The summed E-state index contributed by atoms with van der Waals surface area (Å²) in [6, 6.07) is 5.28. The molecular formula is C18H25NO6. The first-order valence-corrected chi connectivity index (χ1v) is 8.31. The van der Waals surface area contributed by atoms with E-state index in [0.717, 1.165) is 25.0 Å². The molecule has 138 valence electrons. The van der Waals surface area contributed by atoms with Gasteiger partial charge in [0.1, 0.15) is 18.0 Å². The topological polar surface area (TPSA) is 85.3 Å². The lowest BCUT2D eigenvalue weighted by Gasteiger charge is -2.22. The maximum Gasteiger partial charge on any atom is 0.323 e. The smallest absolute Gasteiger partial charge is 0.323 e. The maximum absolute atomic E-state index is 12.5. The Morgan fingerprint density at radius 2 is 1.92 bits per heavy atom. The summed E-state index contributed by atoms with van der Waals surface area (Å²) >= 11 is 0. The molecule has 25 heavy (non-hydrogen) atoms. The fourth-order valence-electron chi connectivity index (χ4n) is 2.87. The van der Waals surface area contributed by atoms with Gasteiger partial charge in [-0.1, -0.05) is 0 Å². The molecule has 1 aliphatic heterocycles. The Balaban J connectivity index is 2.05. The molecule has 1 amide bonds. The van der Waals surface area contributed by atoms with Crippen molar-refractivity contribution in [3.63, 3.8) is 0 Å². The van der Waals surface area contributed by atoms with Crippen LogP contribution in [0.4, 0.5) is 0 Å². The predicted molar refractivity (Wildman–Crippen MR) is 90.8 cm³/mol. The second-order valence-electron chi connectivity index (χ2n) is 6.13. The first-order valence-electron chi connectivity index (χ1n) is 8.31. The third-order valence-corrected chi connectivity index (χ3v) is 4.25. The van der Waals surface area contributed by atoms with Crippen molar-refractivity contribution in [1.29, 1.82) is 0 Å². The molecule has 1 aromatic carbocycles. The van der Waals surface area contributed by atoms with Gasteiger partial charge < -0.3 is 24.2 Å². The third-order valence-electron chi connectivity index (χ3n) is 4.25. The minimum atomic E-state index is -1.03. The fraction of sp³-hybridized carbons (Fsp3) is 0.556. The van der Waals surface area contributed by atoms with Gasteiger partial charge in [-0.2, -0.15) is 0 Å². The van der Waals surface area contributed by atoms with Crippen molar-refractivity contribution in [2.45, 2.75) is 25.8 Å². The standard InChI is InChI=1S/C18H25NO6/c1-23-15-7-14(8-16(9-15)24-2)10-19(11-18(21)22)17(20)4-3-13-5-6-25-12-13/h7-9,13H,3-6,10-12H2,1-2H3,(H,21,22). The zero-order chi connectivity index (χ0) is 18.2. The Hall–Kier alpha value is -2.28. The molecule has 1 fully saturated rings. The molecule has 0 bridgehead atoms. The molecule has 1 saturated heterocycles.